The van der Waals surface area contributed by atoms with Crippen molar-refractivity contribution < 1.29 is 9.59 Å². The summed E-state index contributed by atoms with van der Waals surface area (Å²) in [5.41, 5.74) is 1.99. The monoisotopic (exact) mass is 442 g/mol. The van der Waals surface area contributed by atoms with E-state index in [1.807, 2.05) is 44.2 Å². The fourth-order valence-corrected chi connectivity index (χ4v) is 3.72. The average Bonchev–Trinajstić information content (AvgIpc) is 3.19. The van der Waals surface area contributed by atoms with E-state index >= 15 is 0 Å². The fraction of sp³-hybridized carbons (Fsp3) is 0.227. The number of aromatic nitrogens is 1. The summed E-state index contributed by atoms with van der Waals surface area (Å²) in [5, 5.41) is 8.67. The first-order valence-corrected chi connectivity index (χ1v) is 10.8. The van der Waals surface area contributed by atoms with Crippen LogP contribution in [0.25, 0.3) is 0 Å². The van der Waals surface area contributed by atoms with E-state index in [0.717, 1.165) is 5.56 Å². The molecule has 0 aliphatic carbocycles. The van der Waals surface area contributed by atoms with Crippen molar-refractivity contribution >= 4 is 40.6 Å². The number of hydrogen-bond acceptors (Lipinski definition) is 4. The van der Waals surface area contributed by atoms with Crippen molar-refractivity contribution in [2.24, 2.45) is 0 Å². The number of thiazole rings is 1. The molecule has 0 saturated carbocycles. The molecule has 2 N–H and O–H groups in total. The van der Waals surface area contributed by atoms with Crippen LogP contribution in [0.15, 0.2) is 60.0 Å². The van der Waals surface area contributed by atoms with Gasteiger partial charge in [0.15, 0.2) is 0 Å². The minimum atomic E-state index is -0.252. The second-order valence-electron chi connectivity index (χ2n) is 6.96. The number of amides is 3. The van der Waals surface area contributed by atoms with Crippen LogP contribution in [0.2, 0.25) is 5.02 Å². The van der Waals surface area contributed by atoms with Gasteiger partial charge in [-0.3, -0.25) is 4.79 Å². The Bertz CT molecular complexity index is 1010. The molecule has 0 spiro atoms. The van der Waals surface area contributed by atoms with Crippen LogP contribution in [0.4, 0.5) is 10.5 Å². The van der Waals surface area contributed by atoms with Crippen molar-refractivity contribution in [2.45, 2.75) is 33.0 Å². The summed E-state index contributed by atoms with van der Waals surface area (Å²) in [6.45, 7) is 4.60. The molecular formula is C22H23ClN4O2S. The highest BCUT2D eigenvalue weighted by molar-refractivity contribution is 7.09. The lowest BCUT2D eigenvalue weighted by Gasteiger charge is -2.26. The maximum atomic E-state index is 12.7. The number of nitrogens with one attached hydrogen (secondary N) is 2. The van der Waals surface area contributed by atoms with Crippen LogP contribution < -0.4 is 10.6 Å². The SMILES string of the molecule is CC(C)N(Cc1nc(C(=O)NCc2ccccc2)cs1)C(=O)Nc1cccc(Cl)c1. The molecule has 0 atom stereocenters. The Morgan fingerprint density at radius 2 is 1.90 bits per heavy atom. The molecule has 0 radical (unpaired) electrons. The van der Waals surface area contributed by atoms with E-state index in [1.165, 1.54) is 11.3 Å². The fourth-order valence-electron chi connectivity index (χ4n) is 2.75. The van der Waals surface area contributed by atoms with Gasteiger partial charge < -0.3 is 15.5 Å². The molecule has 1 heterocycles. The van der Waals surface area contributed by atoms with Crippen molar-refractivity contribution in [3.63, 3.8) is 0 Å². The molecule has 0 aliphatic heterocycles. The number of hydrogen-bond donors (Lipinski definition) is 2. The lowest BCUT2D eigenvalue weighted by atomic mass is 10.2. The predicted molar refractivity (Wildman–Crippen MR) is 121 cm³/mol. The van der Waals surface area contributed by atoms with E-state index in [0.29, 0.717) is 34.5 Å². The zero-order valence-corrected chi connectivity index (χ0v) is 18.3. The largest absolute Gasteiger partial charge is 0.347 e. The Labute approximate surface area is 184 Å². The topological polar surface area (TPSA) is 74.3 Å². The Kier molecular flexibility index (Phi) is 7.43. The lowest BCUT2D eigenvalue weighted by Crippen LogP contribution is -2.39. The van der Waals surface area contributed by atoms with E-state index in [1.54, 1.807) is 34.5 Å². The highest BCUT2D eigenvalue weighted by Gasteiger charge is 2.20. The molecule has 1 aromatic heterocycles. The zero-order valence-electron chi connectivity index (χ0n) is 16.8. The van der Waals surface area contributed by atoms with Crippen molar-refractivity contribution in [1.29, 1.82) is 0 Å². The van der Waals surface area contributed by atoms with E-state index in [9.17, 15) is 9.59 Å². The van der Waals surface area contributed by atoms with Crippen LogP contribution in [-0.4, -0.2) is 27.9 Å². The molecule has 0 bridgehead atoms. The number of carbonyl (C=O) groups is 2. The normalized spacial score (nSPS) is 10.7. The third kappa shape index (κ3) is 6.05. The summed E-state index contributed by atoms with van der Waals surface area (Å²) in [6, 6.07) is 16.4. The van der Waals surface area contributed by atoms with Gasteiger partial charge in [-0.05, 0) is 37.6 Å². The molecule has 3 rings (SSSR count). The molecule has 30 heavy (non-hydrogen) atoms. The molecule has 2 aromatic carbocycles. The molecule has 156 valence electrons. The van der Waals surface area contributed by atoms with Gasteiger partial charge in [-0.1, -0.05) is 48.0 Å². The van der Waals surface area contributed by atoms with Gasteiger partial charge in [0.2, 0.25) is 0 Å². The third-order valence-electron chi connectivity index (χ3n) is 4.35. The van der Waals surface area contributed by atoms with Crippen molar-refractivity contribution in [3.05, 3.63) is 81.3 Å². The molecule has 0 saturated heterocycles. The zero-order chi connectivity index (χ0) is 21.5. The maximum absolute atomic E-state index is 12.7. The lowest BCUT2D eigenvalue weighted by molar-refractivity contribution is 0.0946. The molecule has 8 heteroatoms. The van der Waals surface area contributed by atoms with Crippen molar-refractivity contribution in [2.75, 3.05) is 5.32 Å². The number of benzene rings is 2. The van der Waals surface area contributed by atoms with E-state index in [2.05, 4.69) is 15.6 Å². The summed E-state index contributed by atoms with van der Waals surface area (Å²) in [7, 11) is 0. The van der Waals surface area contributed by atoms with Crippen LogP contribution in [0.3, 0.4) is 0 Å². The second kappa shape index (κ2) is 10.2. The Morgan fingerprint density at radius 1 is 1.13 bits per heavy atom. The summed E-state index contributed by atoms with van der Waals surface area (Å²) < 4.78 is 0. The van der Waals surface area contributed by atoms with Crippen molar-refractivity contribution in [3.8, 4) is 0 Å². The molecule has 6 nitrogen and oxygen atoms in total. The number of nitrogens with zero attached hydrogens (tertiary/aromatic N) is 2. The van der Waals surface area contributed by atoms with Gasteiger partial charge >= 0.3 is 6.03 Å². The summed E-state index contributed by atoms with van der Waals surface area (Å²) in [4.78, 5) is 31.2. The molecule has 0 fully saturated rings. The molecule has 0 unspecified atom stereocenters. The number of urea groups is 1. The summed E-state index contributed by atoms with van der Waals surface area (Å²) in [5.74, 6) is -0.235. The quantitative estimate of drug-likeness (QED) is 0.530. The Morgan fingerprint density at radius 3 is 2.60 bits per heavy atom. The molecule has 0 aliphatic rings. The minimum Gasteiger partial charge on any atom is -0.347 e. The number of carbonyl (C=O) groups excluding carboxylic acids is 2. The van der Waals surface area contributed by atoms with Gasteiger partial charge in [0.05, 0.1) is 6.54 Å². The average molecular weight is 443 g/mol. The highest BCUT2D eigenvalue weighted by atomic mass is 35.5. The second-order valence-corrected chi connectivity index (χ2v) is 8.34. The van der Waals surface area contributed by atoms with E-state index in [4.69, 9.17) is 11.6 Å². The summed E-state index contributed by atoms with van der Waals surface area (Å²) >= 11 is 7.34. The molecule has 3 aromatic rings. The first kappa shape index (κ1) is 21.8. The number of anilines is 1. The van der Waals surface area contributed by atoms with Crippen LogP contribution in [0, 0.1) is 0 Å². The number of rotatable bonds is 7. The smallest absolute Gasteiger partial charge is 0.322 e. The van der Waals surface area contributed by atoms with E-state index < -0.39 is 0 Å². The van der Waals surface area contributed by atoms with Gasteiger partial charge in [0.1, 0.15) is 10.7 Å². The first-order chi connectivity index (χ1) is 14.4. The molecule has 3 amide bonds. The van der Waals surface area contributed by atoms with Crippen LogP contribution in [0.5, 0.6) is 0 Å². The van der Waals surface area contributed by atoms with E-state index in [-0.39, 0.29) is 18.0 Å². The third-order valence-corrected chi connectivity index (χ3v) is 5.41. The Balaban J connectivity index is 1.61. The maximum Gasteiger partial charge on any atom is 0.322 e. The number of halogens is 1. The van der Waals surface area contributed by atoms with Crippen LogP contribution in [0.1, 0.15) is 34.9 Å². The van der Waals surface area contributed by atoms with Crippen LogP contribution >= 0.6 is 22.9 Å². The van der Waals surface area contributed by atoms with Gasteiger partial charge in [-0.15, -0.1) is 11.3 Å². The predicted octanol–water partition coefficient (Wildman–Crippen LogP) is 5.17. The van der Waals surface area contributed by atoms with Crippen molar-refractivity contribution in [1.82, 2.24) is 15.2 Å². The minimum absolute atomic E-state index is 0.0524. The highest BCUT2D eigenvalue weighted by Crippen LogP contribution is 2.18. The Hall–Kier alpha value is -2.90. The summed E-state index contributed by atoms with van der Waals surface area (Å²) in [6.07, 6.45) is 0. The van der Waals surface area contributed by atoms with Gasteiger partial charge in [0, 0.05) is 28.7 Å². The van der Waals surface area contributed by atoms with Crippen LogP contribution in [-0.2, 0) is 13.1 Å². The first-order valence-electron chi connectivity index (χ1n) is 9.52. The standard InChI is InChI=1S/C22H23ClN4O2S/c1-15(2)27(22(29)25-18-10-6-9-17(23)11-18)13-20-26-19(14-30-20)21(28)24-12-16-7-4-3-5-8-16/h3-11,14-15H,12-13H2,1-2H3,(H,24,28)(H,25,29). The van der Waals surface area contributed by atoms with Gasteiger partial charge in [-0.2, -0.15) is 0 Å². The van der Waals surface area contributed by atoms with Gasteiger partial charge in [0.25, 0.3) is 5.91 Å². The van der Waals surface area contributed by atoms with Gasteiger partial charge in [-0.25, -0.2) is 9.78 Å². The molecular weight excluding hydrogens is 420 g/mol.